The fourth-order valence-corrected chi connectivity index (χ4v) is 5.18. The van der Waals surface area contributed by atoms with Crippen molar-refractivity contribution in [3.8, 4) is 0 Å². The predicted molar refractivity (Wildman–Crippen MR) is 71.9 cm³/mol. The molecular weight excluding hydrogens is 272 g/mol. The summed E-state index contributed by atoms with van der Waals surface area (Å²) in [5.41, 5.74) is 6.50. The van der Waals surface area contributed by atoms with E-state index < -0.39 is 10.0 Å². The van der Waals surface area contributed by atoms with Crippen LogP contribution >= 0.6 is 11.8 Å². The Balaban J connectivity index is 2.37. The van der Waals surface area contributed by atoms with E-state index in [4.69, 9.17) is 5.73 Å². The van der Waals surface area contributed by atoms with Gasteiger partial charge in [-0.3, -0.25) is 5.10 Å². The topological polar surface area (TPSA) is 92.1 Å². The van der Waals surface area contributed by atoms with E-state index in [1.165, 1.54) is 4.31 Å². The van der Waals surface area contributed by atoms with Crippen LogP contribution in [-0.4, -0.2) is 47.5 Å². The molecule has 0 radical (unpaired) electrons. The molecule has 1 fully saturated rings. The van der Waals surface area contributed by atoms with Gasteiger partial charge in [0, 0.05) is 25.4 Å². The van der Waals surface area contributed by atoms with E-state index in [9.17, 15) is 8.42 Å². The third-order valence-corrected chi connectivity index (χ3v) is 6.47. The number of sulfonamides is 1. The number of hydrogen-bond donors (Lipinski definition) is 2. The lowest BCUT2D eigenvalue weighted by atomic mass is 10.3. The molecule has 0 aromatic carbocycles. The Bertz CT molecular complexity index is 520. The van der Waals surface area contributed by atoms with Crippen LogP contribution in [0.4, 0.5) is 0 Å². The molecule has 1 aliphatic heterocycles. The van der Waals surface area contributed by atoms with E-state index in [-0.39, 0.29) is 17.5 Å². The van der Waals surface area contributed by atoms with Crippen LogP contribution in [0.25, 0.3) is 0 Å². The van der Waals surface area contributed by atoms with E-state index in [0.29, 0.717) is 11.4 Å². The first-order valence-electron chi connectivity index (χ1n) is 5.78. The van der Waals surface area contributed by atoms with Gasteiger partial charge >= 0.3 is 0 Å². The van der Waals surface area contributed by atoms with E-state index in [2.05, 4.69) is 10.2 Å². The molecule has 0 aliphatic carbocycles. The van der Waals surface area contributed by atoms with Crippen molar-refractivity contribution in [1.82, 2.24) is 14.5 Å². The van der Waals surface area contributed by atoms with Crippen LogP contribution in [0.2, 0.25) is 0 Å². The molecule has 18 heavy (non-hydrogen) atoms. The van der Waals surface area contributed by atoms with Gasteiger partial charge in [-0.15, -0.1) is 0 Å². The van der Waals surface area contributed by atoms with Crippen LogP contribution in [0.1, 0.15) is 17.8 Å². The van der Waals surface area contributed by atoms with Gasteiger partial charge in [0.1, 0.15) is 4.90 Å². The molecule has 0 amide bonds. The SMILES string of the molecule is Cc1[nH]nc(CN)c1S(=O)(=O)N(C)C1CCSC1. The fraction of sp³-hybridized carbons (Fsp3) is 0.700. The average molecular weight is 290 g/mol. The highest BCUT2D eigenvalue weighted by molar-refractivity contribution is 7.99. The minimum absolute atomic E-state index is 0.0694. The normalized spacial score (nSPS) is 20.8. The summed E-state index contributed by atoms with van der Waals surface area (Å²) in [6.45, 7) is 1.82. The molecule has 6 nitrogen and oxygen atoms in total. The summed E-state index contributed by atoms with van der Waals surface area (Å²) >= 11 is 1.78. The second-order valence-electron chi connectivity index (χ2n) is 4.37. The van der Waals surface area contributed by atoms with Gasteiger partial charge in [-0.25, -0.2) is 8.42 Å². The molecule has 0 saturated carbocycles. The monoisotopic (exact) mass is 290 g/mol. The molecule has 102 valence electrons. The first kappa shape index (κ1) is 13.9. The number of rotatable bonds is 4. The maximum atomic E-state index is 12.6. The summed E-state index contributed by atoms with van der Waals surface area (Å²) < 4.78 is 26.6. The van der Waals surface area contributed by atoms with Crippen LogP contribution < -0.4 is 5.73 Å². The molecule has 0 bridgehead atoms. The van der Waals surface area contributed by atoms with E-state index >= 15 is 0 Å². The molecule has 0 spiro atoms. The number of H-pyrrole nitrogens is 1. The van der Waals surface area contributed by atoms with Crippen molar-refractivity contribution >= 4 is 21.8 Å². The smallest absolute Gasteiger partial charge is 0.246 e. The summed E-state index contributed by atoms with van der Waals surface area (Å²) in [5, 5.41) is 6.65. The minimum Gasteiger partial charge on any atom is -0.325 e. The highest BCUT2D eigenvalue weighted by Crippen LogP contribution is 2.28. The molecule has 1 aromatic rings. The Morgan fingerprint density at radius 1 is 1.61 bits per heavy atom. The van der Waals surface area contributed by atoms with Gasteiger partial charge in [0.2, 0.25) is 10.0 Å². The van der Waals surface area contributed by atoms with Crippen LogP contribution in [-0.2, 0) is 16.6 Å². The fourth-order valence-electron chi connectivity index (χ4n) is 2.10. The van der Waals surface area contributed by atoms with Crippen molar-refractivity contribution in [1.29, 1.82) is 0 Å². The van der Waals surface area contributed by atoms with Crippen LogP contribution in [0.3, 0.4) is 0 Å². The standard InChI is InChI=1S/C10H18N4O2S2/c1-7-10(9(5-11)13-12-7)18(15,16)14(2)8-3-4-17-6-8/h8H,3-6,11H2,1-2H3,(H,12,13). The summed E-state index contributed by atoms with van der Waals surface area (Å²) in [7, 11) is -1.87. The molecule has 1 aliphatic rings. The second kappa shape index (κ2) is 5.20. The van der Waals surface area contributed by atoms with Gasteiger partial charge in [-0.1, -0.05) is 0 Å². The zero-order valence-electron chi connectivity index (χ0n) is 10.5. The van der Waals surface area contributed by atoms with Gasteiger partial charge in [0.05, 0.1) is 11.4 Å². The molecular formula is C10H18N4O2S2. The van der Waals surface area contributed by atoms with Crippen molar-refractivity contribution in [3.63, 3.8) is 0 Å². The van der Waals surface area contributed by atoms with Crippen molar-refractivity contribution in [2.75, 3.05) is 18.6 Å². The highest BCUT2D eigenvalue weighted by Gasteiger charge is 2.33. The first-order chi connectivity index (χ1) is 8.48. The number of aryl methyl sites for hydroxylation is 1. The van der Waals surface area contributed by atoms with Crippen LogP contribution in [0, 0.1) is 6.92 Å². The summed E-state index contributed by atoms with van der Waals surface area (Å²) in [5.74, 6) is 1.86. The molecule has 1 atom stereocenters. The van der Waals surface area contributed by atoms with E-state index in [1.807, 2.05) is 0 Å². The molecule has 2 heterocycles. The Kier molecular flexibility index (Phi) is 4.00. The average Bonchev–Trinajstić information content (AvgIpc) is 2.96. The number of nitrogens with zero attached hydrogens (tertiary/aromatic N) is 2. The van der Waals surface area contributed by atoms with Crippen LogP contribution in [0.5, 0.6) is 0 Å². The van der Waals surface area contributed by atoms with Crippen LogP contribution in [0.15, 0.2) is 4.90 Å². The number of thioether (sulfide) groups is 1. The molecule has 2 rings (SSSR count). The Hall–Kier alpha value is -0.570. The number of nitrogens with two attached hydrogens (primary N) is 1. The lowest BCUT2D eigenvalue weighted by molar-refractivity contribution is 0.394. The van der Waals surface area contributed by atoms with Gasteiger partial charge < -0.3 is 5.73 Å². The second-order valence-corrected chi connectivity index (χ2v) is 7.45. The Morgan fingerprint density at radius 3 is 2.89 bits per heavy atom. The van der Waals surface area contributed by atoms with Gasteiger partial charge in [-0.2, -0.15) is 21.2 Å². The number of aromatic nitrogens is 2. The van der Waals surface area contributed by atoms with Crippen molar-refractivity contribution in [3.05, 3.63) is 11.4 Å². The third-order valence-electron chi connectivity index (χ3n) is 3.21. The maximum Gasteiger partial charge on any atom is 0.246 e. The summed E-state index contributed by atoms with van der Waals surface area (Å²) in [6.07, 6.45) is 0.898. The minimum atomic E-state index is -3.51. The van der Waals surface area contributed by atoms with E-state index in [0.717, 1.165) is 17.9 Å². The number of hydrogen-bond acceptors (Lipinski definition) is 5. The van der Waals surface area contributed by atoms with Crippen molar-refractivity contribution < 1.29 is 8.42 Å². The lowest BCUT2D eigenvalue weighted by Crippen LogP contribution is -2.37. The summed E-state index contributed by atoms with van der Waals surface area (Å²) in [6, 6.07) is 0.0694. The van der Waals surface area contributed by atoms with E-state index in [1.54, 1.807) is 25.7 Å². The Morgan fingerprint density at radius 2 is 2.33 bits per heavy atom. The van der Waals surface area contributed by atoms with Gasteiger partial charge in [0.15, 0.2) is 0 Å². The maximum absolute atomic E-state index is 12.6. The highest BCUT2D eigenvalue weighted by atomic mass is 32.2. The largest absolute Gasteiger partial charge is 0.325 e. The molecule has 1 unspecified atom stereocenters. The van der Waals surface area contributed by atoms with Gasteiger partial charge in [-0.05, 0) is 19.1 Å². The predicted octanol–water partition coefficient (Wildman–Crippen LogP) is 0.303. The zero-order valence-corrected chi connectivity index (χ0v) is 12.1. The summed E-state index contributed by atoms with van der Waals surface area (Å²) in [4.78, 5) is 0.240. The quantitative estimate of drug-likeness (QED) is 0.832. The number of nitrogens with one attached hydrogen (secondary N) is 1. The molecule has 1 saturated heterocycles. The number of aromatic amines is 1. The zero-order chi connectivity index (χ0) is 13.3. The molecule has 8 heteroatoms. The first-order valence-corrected chi connectivity index (χ1v) is 8.37. The molecule has 3 N–H and O–H groups in total. The Labute approximate surface area is 111 Å². The van der Waals surface area contributed by atoms with Gasteiger partial charge in [0.25, 0.3) is 0 Å². The third kappa shape index (κ3) is 2.29. The van der Waals surface area contributed by atoms with Crippen molar-refractivity contribution in [2.24, 2.45) is 5.73 Å². The molecule has 1 aromatic heterocycles. The lowest BCUT2D eigenvalue weighted by Gasteiger charge is -2.23. The van der Waals surface area contributed by atoms with Crippen molar-refractivity contribution in [2.45, 2.75) is 30.8 Å².